The highest BCUT2D eigenvalue weighted by Crippen LogP contribution is 2.22. The third-order valence-corrected chi connectivity index (χ3v) is 4.45. The van der Waals surface area contributed by atoms with Crippen molar-refractivity contribution in [3.05, 3.63) is 53.3 Å². The number of hydrogen-bond acceptors (Lipinski definition) is 5. The molecule has 0 aliphatic carbocycles. The Hall–Kier alpha value is -1.69. The number of aliphatic hydroxyl groups is 1. The molecule has 2 aromatic rings. The van der Waals surface area contributed by atoms with Crippen molar-refractivity contribution in [3.8, 4) is 0 Å². The Morgan fingerprint density at radius 1 is 1.22 bits per heavy atom. The highest BCUT2D eigenvalue weighted by atomic mass is 35.5. The lowest BCUT2D eigenvalue weighted by molar-refractivity contribution is 0.114. The van der Waals surface area contributed by atoms with Crippen LogP contribution in [0.15, 0.2) is 42.7 Å². The molecule has 23 heavy (non-hydrogen) atoms. The van der Waals surface area contributed by atoms with Gasteiger partial charge in [0.15, 0.2) is 0 Å². The highest BCUT2D eigenvalue weighted by molar-refractivity contribution is 6.30. The summed E-state index contributed by atoms with van der Waals surface area (Å²) in [6, 6.07) is 10.6. The molecule has 1 aromatic heterocycles. The molecule has 122 valence electrons. The van der Waals surface area contributed by atoms with Crippen LogP contribution in [0.2, 0.25) is 5.02 Å². The van der Waals surface area contributed by atoms with E-state index in [2.05, 4.69) is 44.5 Å². The van der Waals surface area contributed by atoms with Gasteiger partial charge in [-0.25, -0.2) is 9.97 Å². The van der Waals surface area contributed by atoms with Gasteiger partial charge in [-0.2, -0.15) is 0 Å². The molecule has 1 fully saturated rings. The van der Waals surface area contributed by atoms with Gasteiger partial charge in [0.2, 0.25) is 5.95 Å². The zero-order chi connectivity index (χ0) is 16.1. The van der Waals surface area contributed by atoms with E-state index < -0.39 is 0 Å². The first-order chi connectivity index (χ1) is 11.2. The summed E-state index contributed by atoms with van der Waals surface area (Å²) in [5, 5.41) is 13.5. The predicted octanol–water partition coefficient (Wildman–Crippen LogP) is 2.42. The molecule has 0 saturated carbocycles. The van der Waals surface area contributed by atoms with Crippen LogP contribution in [0.25, 0.3) is 0 Å². The van der Waals surface area contributed by atoms with Gasteiger partial charge >= 0.3 is 0 Å². The van der Waals surface area contributed by atoms with Gasteiger partial charge in [0.25, 0.3) is 0 Å². The van der Waals surface area contributed by atoms with E-state index >= 15 is 0 Å². The summed E-state index contributed by atoms with van der Waals surface area (Å²) in [7, 11) is 0. The van der Waals surface area contributed by atoms with Crippen molar-refractivity contribution in [3.63, 3.8) is 0 Å². The van der Waals surface area contributed by atoms with Crippen molar-refractivity contribution in [2.45, 2.75) is 19.0 Å². The van der Waals surface area contributed by atoms with Gasteiger partial charge in [-0.05, 0) is 18.5 Å². The van der Waals surface area contributed by atoms with Crippen LogP contribution in [0.4, 0.5) is 5.95 Å². The topological polar surface area (TPSA) is 61.3 Å². The fourth-order valence-corrected chi connectivity index (χ4v) is 3.09. The molecule has 3 rings (SSSR count). The molecule has 6 heteroatoms. The van der Waals surface area contributed by atoms with Gasteiger partial charge < -0.3 is 10.4 Å². The molecule has 1 aromatic carbocycles. The standard InChI is InChI=1S/C17H21ClN4O/c18-15-8-19-17(20-9-15)21-16-11-22(7-6-14(16)12-23)10-13-4-2-1-3-5-13/h1-5,8-9,14,16,23H,6-7,10-12H2,(H,19,20,21)/t14-,16+/m0/s1. The van der Waals surface area contributed by atoms with Gasteiger partial charge in [0, 0.05) is 31.7 Å². The number of piperidine rings is 1. The molecule has 5 nitrogen and oxygen atoms in total. The van der Waals surface area contributed by atoms with Crippen LogP contribution in [0.5, 0.6) is 0 Å². The Kier molecular flexibility index (Phi) is 5.43. The van der Waals surface area contributed by atoms with E-state index in [1.165, 1.54) is 5.56 Å². The van der Waals surface area contributed by atoms with Crippen LogP contribution in [0.3, 0.4) is 0 Å². The third-order valence-electron chi connectivity index (χ3n) is 4.26. The molecule has 0 unspecified atom stereocenters. The molecule has 1 aliphatic rings. The number of benzene rings is 1. The number of anilines is 1. The minimum absolute atomic E-state index is 0.124. The number of hydrogen-bond donors (Lipinski definition) is 2. The van der Waals surface area contributed by atoms with Gasteiger partial charge in [0.1, 0.15) is 0 Å². The molecule has 0 bridgehead atoms. The minimum Gasteiger partial charge on any atom is -0.396 e. The number of nitrogens with one attached hydrogen (secondary N) is 1. The Labute approximate surface area is 141 Å². The number of aromatic nitrogens is 2. The van der Waals surface area contributed by atoms with Crippen LogP contribution >= 0.6 is 11.6 Å². The first-order valence-corrected chi connectivity index (χ1v) is 8.23. The maximum absolute atomic E-state index is 9.64. The van der Waals surface area contributed by atoms with E-state index in [0.29, 0.717) is 11.0 Å². The Morgan fingerprint density at radius 3 is 2.65 bits per heavy atom. The Morgan fingerprint density at radius 2 is 1.96 bits per heavy atom. The average Bonchev–Trinajstić information content (AvgIpc) is 2.58. The number of aliphatic hydroxyl groups excluding tert-OH is 1. The summed E-state index contributed by atoms with van der Waals surface area (Å²) < 4.78 is 0. The summed E-state index contributed by atoms with van der Waals surface area (Å²) in [6.07, 6.45) is 4.11. The van der Waals surface area contributed by atoms with Gasteiger partial charge in [-0.3, -0.25) is 4.90 Å². The third kappa shape index (κ3) is 4.41. The maximum Gasteiger partial charge on any atom is 0.222 e. The molecule has 1 aliphatic heterocycles. The highest BCUT2D eigenvalue weighted by Gasteiger charge is 2.29. The van der Waals surface area contributed by atoms with Crippen LogP contribution in [0.1, 0.15) is 12.0 Å². The summed E-state index contributed by atoms with van der Waals surface area (Å²) in [6.45, 7) is 2.93. The second-order valence-electron chi connectivity index (χ2n) is 5.93. The molecular weight excluding hydrogens is 312 g/mol. The Bertz CT molecular complexity index is 608. The molecule has 2 atom stereocenters. The van der Waals surface area contributed by atoms with Crippen molar-refractivity contribution in [1.82, 2.24) is 14.9 Å². The molecular formula is C17H21ClN4O. The lowest BCUT2D eigenvalue weighted by Crippen LogP contribution is -2.48. The lowest BCUT2D eigenvalue weighted by Gasteiger charge is -2.38. The van der Waals surface area contributed by atoms with E-state index in [0.717, 1.165) is 26.1 Å². The van der Waals surface area contributed by atoms with Crippen molar-refractivity contribution in [2.75, 3.05) is 25.0 Å². The average molecular weight is 333 g/mol. The van der Waals surface area contributed by atoms with Crippen LogP contribution in [0, 0.1) is 5.92 Å². The summed E-state index contributed by atoms with van der Waals surface area (Å²) in [4.78, 5) is 10.8. The molecule has 1 saturated heterocycles. The number of halogens is 1. The van der Waals surface area contributed by atoms with E-state index in [4.69, 9.17) is 11.6 Å². The molecule has 0 amide bonds. The van der Waals surface area contributed by atoms with Gasteiger partial charge in [-0.15, -0.1) is 0 Å². The fraction of sp³-hybridized carbons (Fsp3) is 0.412. The van der Waals surface area contributed by atoms with Gasteiger partial charge in [0.05, 0.1) is 17.4 Å². The Balaban J connectivity index is 1.65. The number of nitrogens with zero attached hydrogens (tertiary/aromatic N) is 3. The first-order valence-electron chi connectivity index (χ1n) is 7.86. The number of likely N-dealkylation sites (tertiary alicyclic amines) is 1. The van der Waals surface area contributed by atoms with Crippen molar-refractivity contribution < 1.29 is 5.11 Å². The molecule has 0 radical (unpaired) electrons. The van der Waals surface area contributed by atoms with E-state index in [-0.39, 0.29) is 18.6 Å². The summed E-state index contributed by atoms with van der Waals surface area (Å²) in [5.74, 6) is 0.765. The van der Waals surface area contributed by atoms with E-state index in [1.807, 2.05) is 6.07 Å². The zero-order valence-corrected chi connectivity index (χ0v) is 13.7. The zero-order valence-electron chi connectivity index (χ0n) is 12.9. The van der Waals surface area contributed by atoms with Crippen molar-refractivity contribution in [2.24, 2.45) is 5.92 Å². The lowest BCUT2D eigenvalue weighted by atomic mass is 9.92. The fourth-order valence-electron chi connectivity index (χ4n) is 2.99. The summed E-state index contributed by atoms with van der Waals surface area (Å²) in [5.41, 5.74) is 1.30. The molecule has 0 spiro atoms. The van der Waals surface area contributed by atoms with Crippen molar-refractivity contribution in [1.29, 1.82) is 0 Å². The largest absolute Gasteiger partial charge is 0.396 e. The molecule has 2 N–H and O–H groups in total. The summed E-state index contributed by atoms with van der Waals surface area (Å²) >= 11 is 5.82. The smallest absolute Gasteiger partial charge is 0.222 e. The molecule has 2 heterocycles. The monoisotopic (exact) mass is 332 g/mol. The van der Waals surface area contributed by atoms with E-state index in [9.17, 15) is 5.11 Å². The normalized spacial score (nSPS) is 22.0. The second kappa shape index (κ2) is 7.73. The quantitative estimate of drug-likeness (QED) is 0.880. The van der Waals surface area contributed by atoms with Crippen LogP contribution in [-0.2, 0) is 6.54 Å². The minimum atomic E-state index is 0.124. The van der Waals surface area contributed by atoms with Crippen LogP contribution in [-0.4, -0.2) is 45.7 Å². The predicted molar refractivity (Wildman–Crippen MR) is 91.4 cm³/mol. The van der Waals surface area contributed by atoms with Gasteiger partial charge in [-0.1, -0.05) is 41.9 Å². The number of rotatable bonds is 5. The first kappa shape index (κ1) is 16.2. The SMILES string of the molecule is OC[C@@H]1CCN(Cc2ccccc2)C[C@H]1Nc1ncc(Cl)cn1. The van der Waals surface area contributed by atoms with Crippen LogP contribution < -0.4 is 5.32 Å². The van der Waals surface area contributed by atoms with Crippen molar-refractivity contribution >= 4 is 17.5 Å². The second-order valence-corrected chi connectivity index (χ2v) is 6.36. The van der Waals surface area contributed by atoms with E-state index in [1.54, 1.807) is 12.4 Å². The maximum atomic E-state index is 9.64.